The lowest BCUT2D eigenvalue weighted by Crippen LogP contribution is -2.52. The molecule has 2 rings (SSSR count). The van der Waals surface area contributed by atoms with Crippen molar-refractivity contribution in [3.05, 3.63) is 0 Å². The van der Waals surface area contributed by atoms with E-state index in [9.17, 15) is 31.1 Å². The molecule has 3 nitrogen and oxygen atoms in total. The molecule has 1 saturated heterocycles. The van der Waals surface area contributed by atoms with E-state index in [1.165, 1.54) is 0 Å². The third-order valence-electron chi connectivity index (χ3n) is 4.86. The maximum Gasteiger partial charge on any atom is 0.404 e. The van der Waals surface area contributed by atoms with Crippen molar-refractivity contribution in [3.63, 3.8) is 0 Å². The van der Waals surface area contributed by atoms with Crippen LogP contribution in [-0.4, -0.2) is 42.3 Å². The van der Waals surface area contributed by atoms with Gasteiger partial charge in [0.25, 0.3) is 0 Å². The lowest BCUT2D eigenvalue weighted by molar-refractivity contribution is -0.334. The monoisotopic (exact) mass is 332 g/mol. The number of nitrogens with two attached hydrogens (primary N) is 1. The molecule has 0 spiro atoms. The molecule has 0 bridgehead atoms. The number of hydrogen-bond donors (Lipinski definition) is 1. The lowest BCUT2D eigenvalue weighted by Gasteiger charge is -2.33. The number of carbonyl (C=O) groups excluding carboxylic acids is 1. The van der Waals surface area contributed by atoms with Crippen molar-refractivity contribution in [2.45, 2.75) is 50.5 Å². The van der Waals surface area contributed by atoms with Gasteiger partial charge in [-0.15, -0.1) is 0 Å². The Kier molecular flexibility index (Phi) is 4.40. The molecule has 1 saturated carbocycles. The Balaban J connectivity index is 2.08. The number of alkyl halides is 6. The Morgan fingerprint density at radius 1 is 1.14 bits per heavy atom. The summed E-state index contributed by atoms with van der Waals surface area (Å²) in [5.41, 5.74) is 1.97. The predicted octanol–water partition coefficient (Wildman–Crippen LogP) is 2.85. The first-order chi connectivity index (χ1) is 9.98. The highest BCUT2D eigenvalue weighted by Gasteiger charge is 2.72. The molecule has 2 aliphatic rings. The Bertz CT molecular complexity index is 419. The van der Waals surface area contributed by atoms with Gasteiger partial charge in [0.1, 0.15) is 0 Å². The van der Waals surface area contributed by atoms with Crippen molar-refractivity contribution in [3.8, 4) is 0 Å². The summed E-state index contributed by atoms with van der Waals surface area (Å²) in [5, 5.41) is 0. The quantitative estimate of drug-likeness (QED) is 0.791. The van der Waals surface area contributed by atoms with Crippen molar-refractivity contribution in [1.82, 2.24) is 4.90 Å². The maximum atomic E-state index is 12.9. The number of rotatable bonds is 2. The molecule has 22 heavy (non-hydrogen) atoms. The normalized spacial score (nSPS) is 29.1. The number of halogens is 6. The van der Waals surface area contributed by atoms with Gasteiger partial charge >= 0.3 is 12.4 Å². The van der Waals surface area contributed by atoms with Crippen LogP contribution < -0.4 is 5.73 Å². The van der Waals surface area contributed by atoms with E-state index in [0.29, 0.717) is 11.3 Å². The summed E-state index contributed by atoms with van der Waals surface area (Å²) in [6, 6.07) is -0.207. The summed E-state index contributed by atoms with van der Waals surface area (Å²) in [4.78, 5) is 12.7. The molecule has 0 radical (unpaired) electrons. The summed E-state index contributed by atoms with van der Waals surface area (Å²) >= 11 is 0. The molecule has 0 aromatic rings. The Morgan fingerprint density at radius 2 is 1.73 bits per heavy atom. The van der Waals surface area contributed by atoms with Gasteiger partial charge in [-0.25, -0.2) is 0 Å². The van der Waals surface area contributed by atoms with E-state index in [1.54, 1.807) is 0 Å². The van der Waals surface area contributed by atoms with E-state index in [-0.39, 0.29) is 18.4 Å². The van der Waals surface area contributed by atoms with Crippen LogP contribution in [0.2, 0.25) is 0 Å². The minimum atomic E-state index is -5.43. The molecular weight excluding hydrogens is 314 g/mol. The molecule has 2 atom stereocenters. The highest BCUT2D eigenvalue weighted by Crippen LogP contribution is 2.55. The zero-order valence-corrected chi connectivity index (χ0v) is 11.8. The number of amides is 1. The van der Waals surface area contributed by atoms with Crippen molar-refractivity contribution in [2.24, 2.45) is 17.1 Å². The van der Waals surface area contributed by atoms with Gasteiger partial charge in [0.05, 0.1) is 0 Å². The number of carbonyl (C=O) groups is 1. The maximum absolute atomic E-state index is 12.9. The highest BCUT2D eigenvalue weighted by molar-refractivity contribution is 5.77. The van der Waals surface area contributed by atoms with Crippen LogP contribution in [0.1, 0.15) is 32.1 Å². The van der Waals surface area contributed by atoms with Gasteiger partial charge in [0.2, 0.25) is 5.91 Å². The largest absolute Gasteiger partial charge is 0.404 e. The first kappa shape index (κ1) is 17.4. The molecule has 2 fully saturated rings. The van der Waals surface area contributed by atoms with E-state index in [0.717, 1.165) is 12.8 Å². The molecule has 9 heteroatoms. The Hall–Kier alpha value is -0.990. The first-order valence-electron chi connectivity index (χ1n) is 7.15. The average molecular weight is 332 g/mol. The van der Waals surface area contributed by atoms with Gasteiger partial charge in [-0.1, -0.05) is 6.42 Å². The molecular formula is C13H18F6N2O. The minimum absolute atomic E-state index is 0.0764. The topological polar surface area (TPSA) is 46.3 Å². The summed E-state index contributed by atoms with van der Waals surface area (Å²) in [6.45, 7) is -1.87. The highest BCUT2D eigenvalue weighted by atomic mass is 19.4. The van der Waals surface area contributed by atoms with Crippen LogP contribution in [0.15, 0.2) is 0 Å². The number of hydrogen-bond acceptors (Lipinski definition) is 2. The van der Waals surface area contributed by atoms with E-state index < -0.39 is 43.2 Å². The van der Waals surface area contributed by atoms with E-state index in [4.69, 9.17) is 5.73 Å². The second-order valence-corrected chi connectivity index (χ2v) is 6.20. The fraction of sp³-hybridized carbons (Fsp3) is 0.923. The van der Waals surface area contributed by atoms with Crippen molar-refractivity contribution >= 4 is 5.91 Å². The lowest BCUT2D eigenvalue weighted by atomic mass is 9.85. The molecule has 0 aromatic heterocycles. The van der Waals surface area contributed by atoms with Gasteiger partial charge < -0.3 is 10.6 Å². The fourth-order valence-electron chi connectivity index (χ4n) is 3.32. The minimum Gasteiger partial charge on any atom is -0.341 e. The van der Waals surface area contributed by atoms with Gasteiger partial charge in [-0.05, 0) is 25.2 Å². The standard InChI is InChI=1S/C13H18F6N2O/c14-12(15,16)11(13(17,18)19)4-5-21(7-11)10(22)6-8-2-1-3-9(8)20/h8-9H,1-7,20H2/t8-,9+/m0/s1. The molecule has 0 aromatic carbocycles. The van der Waals surface area contributed by atoms with Crippen LogP contribution in [0.4, 0.5) is 26.3 Å². The van der Waals surface area contributed by atoms with Gasteiger partial charge in [-0.2, -0.15) is 26.3 Å². The van der Waals surface area contributed by atoms with Gasteiger partial charge in [-0.3, -0.25) is 4.79 Å². The van der Waals surface area contributed by atoms with Crippen molar-refractivity contribution < 1.29 is 31.1 Å². The van der Waals surface area contributed by atoms with Gasteiger partial charge in [0.15, 0.2) is 5.41 Å². The third kappa shape index (κ3) is 2.91. The predicted molar refractivity (Wildman–Crippen MR) is 65.7 cm³/mol. The van der Waals surface area contributed by atoms with Crippen molar-refractivity contribution in [2.75, 3.05) is 13.1 Å². The SMILES string of the molecule is N[C@@H]1CCC[C@H]1CC(=O)N1CCC(C(F)(F)F)(C(F)(F)F)C1. The zero-order chi connectivity index (χ0) is 16.8. The summed E-state index contributed by atoms with van der Waals surface area (Å²) in [5.74, 6) is -0.822. The number of likely N-dealkylation sites (tertiary alicyclic amines) is 1. The average Bonchev–Trinajstić information content (AvgIpc) is 2.95. The van der Waals surface area contributed by atoms with Crippen LogP contribution in [0.25, 0.3) is 0 Å². The molecule has 1 heterocycles. The first-order valence-corrected chi connectivity index (χ1v) is 7.15. The summed E-state index contributed by atoms with van der Waals surface area (Å²) in [7, 11) is 0. The molecule has 128 valence electrons. The number of nitrogens with zero attached hydrogens (tertiary/aromatic N) is 1. The molecule has 2 N–H and O–H groups in total. The Labute approximate surface area is 123 Å². The van der Waals surface area contributed by atoms with Crippen molar-refractivity contribution in [1.29, 1.82) is 0 Å². The molecule has 1 aliphatic heterocycles. The Morgan fingerprint density at radius 3 is 2.14 bits per heavy atom. The zero-order valence-electron chi connectivity index (χ0n) is 11.8. The second kappa shape index (κ2) is 5.58. The van der Waals surface area contributed by atoms with E-state index in [1.807, 2.05) is 0 Å². The van der Waals surface area contributed by atoms with Gasteiger partial charge in [0, 0.05) is 25.6 Å². The molecule has 0 unspecified atom stereocenters. The van der Waals surface area contributed by atoms with Crippen LogP contribution >= 0.6 is 0 Å². The van der Waals surface area contributed by atoms with E-state index in [2.05, 4.69) is 0 Å². The molecule has 1 amide bonds. The van der Waals surface area contributed by atoms with Crippen LogP contribution in [0.5, 0.6) is 0 Å². The third-order valence-corrected chi connectivity index (χ3v) is 4.86. The molecule has 1 aliphatic carbocycles. The second-order valence-electron chi connectivity index (χ2n) is 6.20. The smallest absolute Gasteiger partial charge is 0.341 e. The van der Waals surface area contributed by atoms with Crippen LogP contribution in [0, 0.1) is 11.3 Å². The van der Waals surface area contributed by atoms with Crippen LogP contribution in [0.3, 0.4) is 0 Å². The van der Waals surface area contributed by atoms with Crippen LogP contribution in [-0.2, 0) is 4.79 Å². The summed E-state index contributed by atoms with van der Waals surface area (Å²) in [6.07, 6.45) is -9.82. The summed E-state index contributed by atoms with van der Waals surface area (Å²) < 4.78 is 77.6. The fourth-order valence-corrected chi connectivity index (χ4v) is 3.32. The van der Waals surface area contributed by atoms with E-state index >= 15 is 0 Å².